The second kappa shape index (κ2) is 11.9. The highest BCUT2D eigenvalue weighted by Gasteiger charge is 2.20. The van der Waals surface area contributed by atoms with Gasteiger partial charge in [0, 0.05) is 37.1 Å². The predicted octanol–water partition coefficient (Wildman–Crippen LogP) is 12.8. The number of fused-ring (bicyclic) bond motifs is 6. The molecule has 240 valence electrons. The van der Waals surface area contributed by atoms with E-state index >= 15 is 0 Å². The lowest BCUT2D eigenvalue weighted by Gasteiger charge is -2.11. The van der Waals surface area contributed by atoms with Gasteiger partial charge in [0.1, 0.15) is 22.3 Å². The second-order valence-electron chi connectivity index (χ2n) is 12.5. The van der Waals surface area contributed by atoms with E-state index in [0.29, 0.717) is 17.5 Å². The summed E-state index contributed by atoms with van der Waals surface area (Å²) in [5.74, 6) is 1.66. The van der Waals surface area contributed by atoms with Crippen molar-refractivity contribution < 1.29 is 8.83 Å². The first-order chi connectivity index (χ1) is 25.2. The van der Waals surface area contributed by atoms with Crippen LogP contribution in [0.3, 0.4) is 0 Å². The Hall–Kier alpha value is -6.37. The normalized spacial score (nSPS) is 11.6. The Labute approximate surface area is 301 Å². The fourth-order valence-electron chi connectivity index (χ4n) is 6.99. The Bertz CT molecular complexity index is 2940. The molecule has 3 aromatic heterocycles. The molecule has 0 saturated carbocycles. The van der Waals surface area contributed by atoms with E-state index in [9.17, 15) is 0 Å². The van der Waals surface area contributed by atoms with E-state index in [0.717, 1.165) is 87.3 Å². The van der Waals surface area contributed by atoms with Gasteiger partial charge in [0.05, 0.1) is 5.56 Å². The summed E-state index contributed by atoms with van der Waals surface area (Å²) in [6, 6.07) is 53.7. The number of rotatable bonds is 5. The molecule has 0 bridgehead atoms. The molecule has 0 aliphatic heterocycles. The van der Waals surface area contributed by atoms with Crippen LogP contribution < -0.4 is 0 Å². The number of nitrogens with zero attached hydrogens (tertiary/aromatic N) is 3. The maximum Gasteiger partial charge on any atom is 0.167 e. The van der Waals surface area contributed by atoms with Crippen molar-refractivity contribution in [3.63, 3.8) is 0 Å². The number of hydrogen-bond acceptors (Lipinski definition) is 5. The molecule has 51 heavy (non-hydrogen) atoms. The third-order valence-electron chi connectivity index (χ3n) is 9.42. The second-order valence-corrected chi connectivity index (χ2v) is 13.4. The molecule has 0 aliphatic carbocycles. The monoisotopic (exact) mass is 719 g/mol. The van der Waals surface area contributed by atoms with Gasteiger partial charge in [-0.2, -0.15) is 0 Å². The minimum Gasteiger partial charge on any atom is -0.456 e. The first kappa shape index (κ1) is 29.5. The van der Waals surface area contributed by atoms with E-state index in [-0.39, 0.29) is 0 Å². The molecule has 10 rings (SSSR count). The lowest BCUT2D eigenvalue weighted by Crippen LogP contribution is -2.00. The molecule has 0 N–H and O–H groups in total. The van der Waals surface area contributed by atoms with Gasteiger partial charge in [-0.3, -0.25) is 0 Å². The van der Waals surface area contributed by atoms with E-state index in [1.54, 1.807) is 0 Å². The average molecular weight is 721 g/mol. The summed E-state index contributed by atoms with van der Waals surface area (Å²) in [7, 11) is 0. The zero-order chi connectivity index (χ0) is 33.9. The quantitative estimate of drug-likeness (QED) is 0.177. The van der Waals surface area contributed by atoms with Gasteiger partial charge in [0.15, 0.2) is 17.5 Å². The highest BCUT2D eigenvalue weighted by molar-refractivity contribution is 9.10. The molecule has 0 unspecified atom stereocenters. The fraction of sp³-hybridized carbons (Fsp3) is 0. The summed E-state index contributed by atoms with van der Waals surface area (Å²) in [6.07, 6.45) is 0. The number of benzene rings is 7. The molecule has 0 fully saturated rings. The summed E-state index contributed by atoms with van der Waals surface area (Å²) < 4.78 is 13.8. The predicted molar refractivity (Wildman–Crippen MR) is 209 cm³/mol. The molecular weight excluding hydrogens is 694 g/mol. The Morgan fingerprint density at radius 1 is 0.373 bits per heavy atom. The van der Waals surface area contributed by atoms with Crippen molar-refractivity contribution in [1.29, 1.82) is 0 Å². The number of para-hydroxylation sites is 3. The number of halogens is 1. The SMILES string of the molecule is Brc1cccc(-c2ccc(-c3cccc(-c4nc(-c5cccc6c5oc5ccccc56)nc(-c5cccc6oc7ccccc7c56)n4)c3)cc2)c1. The zero-order valence-electron chi connectivity index (χ0n) is 27.0. The van der Waals surface area contributed by atoms with Crippen molar-refractivity contribution in [3.05, 3.63) is 162 Å². The summed E-state index contributed by atoms with van der Waals surface area (Å²) in [4.78, 5) is 15.4. The van der Waals surface area contributed by atoms with Gasteiger partial charge in [-0.05, 0) is 64.7 Å². The molecule has 0 aliphatic rings. The van der Waals surface area contributed by atoms with Crippen molar-refractivity contribution in [3.8, 4) is 56.4 Å². The van der Waals surface area contributed by atoms with Crippen LogP contribution in [0.1, 0.15) is 0 Å². The summed E-state index contributed by atoms with van der Waals surface area (Å²) >= 11 is 3.59. The van der Waals surface area contributed by atoms with E-state index < -0.39 is 0 Å². The summed E-state index contributed by atoms with van der Waals surface area (Å²) in [6.45, 7) is 0. The van der Waals surface area contributed by atoms with Gasteiger partial charge >= 0.3 is 0 Å². The smallest absolute Gasteiger partial charge is 0.167 e. The van der Waals surface area contributed by atoms with Gasteiger partial charge < -0.3 is 8.83 Å². The number of furan rings is 2. The molecule has 0 atom stereocenters. The molecular formula is C45H26BrN3O2. The topological polar surface area (TPSA) is 65.0 Å². The van der Waals surface area contributed by atoms with Crippen LogP contribution in [0.15, 0.2) is 171 Å². The third-order valence-corrected chi connectivity index (χ3v) is 9.91. The van der Waals surface area contributed by atoms with E-state index in [1.165, 1.54) is 0 Å². The fourth-order valence-corrected chi connectivity index (χ4v) is 7.39. The first-order valence-electron chi connectivity index (χ1n) is 16.7. The van der Waals surface area contributed by atoms with Crippen molar-refractivity contribution in [2.75, 3.05) is 0 Å². The third kappa shape index (κ3) is 5.11. The molecule has 0 radical (unpaired) electrons. The van der Waals surface area contributed by atoms with Crippen LogP contribution in [0.4, 0.5) is 0 Å². The minimum atomic E-state index is 0.535. The average Bonchev–Trinajstić information content (AvgIpc) is 3.77. The first-order valence-corrected chi connectivity index (χ1v) is 17.5. The Morgan fingerprint density at radius 3 is 1.71 bits per heavy atom. The van der Waals surface area contributed by atoms with E-state index in [4.69, 9.17) is 23.8 Å². The van der Waals surface area contributed by atoms with Crippen LogP contribution in [-0.4, -0.2) is 15.0 Å². The van der Waals surface area contributed by atoms with E-state index in [2.05, 4.69) is 107 Å². The largest absolute Gasteiger partial charge is 0.456 e. The highest BCUT2D eigenvalue weighted by atomic mass is 79.9. The van der Waals surface area contributed by atoms with Crippen molar-refractivity contribution in [2.24, 2.45) is 0 Å². The van der Waals surface area contributed by atoms with Crippen LogP contribution >= 0.6 is 15.9 Å². The van der Waals surface area contributed by atoms with Gasteiger partial charge in [-0.15, -0.1) is 0 Å². The van der Waals surface area contributed by atoms with Gasteiger partial charge in [0.2, 0.25) is 0 Å². The standard InChI is InChI=1S/C45H26BrN3O2/c46-32-12-6-10-30(26-32)28-23-21-27(22-24-28)29-9-5-11-31(25-29)43-47-44(36-16-8-20-40-41(36)35-14-2-4-19-39(35)50-40)49-45(48-43)37-17-7-15-34-33-13-1-3-18-38(33)51-42(34)37/h1-26H. The Kier molecular flexibility index (Phi) is 6.89. The number of hydrogen-bond donors (Lipinski definition) is 0. The van der Waals surface area contributed by atoms with Crippen molar-refractivity contribution in [1.82, 2.24) is 15.0 Å². The molecule has 0 spiro atoms. The lowest BCUT2D eigenvalue weighted by molar-refractivity contribution is 0.668. The molecule has 7 aromatic carbocycles. The van der Waals surface area contributed by atoms with E-state index in [1.807, 2.05) is 66.7 Å². The molecule has 6 heteroatoms. The summed E-state index contributed by atoms with van der Waals surface area (Å²) in [5.41, 5.74) is 10.2. The van der Waals surface area contributed by atoms with Crippen LogP contribution in [-0.2, 0) is 0 Å². The molecule has 0 amide bonds. The summed E-state index contributed by atoms with van der Waals surface area (Å²) in [5, 5.41) is 4.05. The molecule has 10 aromatic rings. The highest BCUT2D eigenvalue weighted by Crippen LogP contribution is 2.39. The van der Waals surface area contributed by atoms with Gasteiger partial charge in [-0.25, -0.2) is 15.0 Å². The number of aromatic nitrogens is 3. The van der Waals surface area contributed by atoms with Crippen LogP contribution in [0.25, 0.3) is 100 Å². The zero-order valence-corrected chi connectivity index (χ0v) is 28.6. The molecule has 5 nitrogen and oxygen atoms in total. The minimum absolute atomic E-state index is 0.535. The van der Waals surface area contributed by atoms with Crippen LogP contribution in [0.2, 0.25) is 0 Å². The maximum atomic E-state index is 6.45. The lowest BCUT2D eigenvalue weighted by atomic mass is 9.99. The van der Waals surface area contributed by atoms with Crippen molar-refractivity contribution >= 4 is 59.8 Å². The molecule has 0 saturated heterocycles. The van der Waals surface area contributed by atoms with Crippen LogP contribution in [0.5, 0.6) is 0 Å². The molecule has 3 heterocycles. The van der Waals surface area contributed by atoms with Gasteiger partial charge in [-0.1, -0.05) is 131 Å². The van der Waals surface area contributed by atoms with Crippen molar-refractivity contribution in [2.45, 2.75) is 0 Å². The maximum absolute atomic E-state index is 6.45. The Morgan fingerprint density at radius 2 is 0.922 bits per heavy atom. The Balaban J connectivity index is 1.16. The van der Waals surface area contributed by atoms with Crippen LogP contribution in [0, 0.1) is 0 Å². The van der Waals surface area contributed by atoms with Gasteiger partial charge in [0.25, 0.3) is 0 Å².